The molecule has 0 aliphatic heterocycles. The molecular weight excluding hydrogens is 150 g/mol. The molecule has 0 aromatic heterocycles. The first-order valence-corrected chi connectivity index (χ1v) is 4.08. The first kappa shape index (κ1) is 8.78. The number of hydrogen-bond acceptors (Lipinski definition) is 1. The van der Waals surface area contributed by atoms with Gasteiger partial charge in [0.1, 0.15) is 0 Å². The summed E-state index contributed by atoms with van der Waals surface area (Å²) in [4.78, 5) is 10.6. The van der Waals surface area contributed by atoms with E-state index < -0.39 is 0 Å². The number of nitrogens with two attached hydrogens (primary N) is 1. The molecule has 0 bridgehead atoms. The Morgan fingerprint density at radius 1 is 1.42 bits per heavy atom. The average Bonchev–Trinajstić information content (AvgIpc) is 2.03. The second-order valence-electron chi connectivity index (χ2n) is 2.82. The van der Waals surface area contributed by atoms with Crippen molar-refractivity contribution in [3.8, 4) is 0 Å². The van der Waals surface area contributed by atoms with Gasteiger partial charge < -0.3 is 5.73 Å². The molecule has 1 amide bonds. The maximum absolute atomic E-state index is 10.6. The van der Waals surface area contributed by atoms with E-state index in [0.717, 1.165) is 12.0 Å². The lowest BCUT2D eigenvalue weighted by Gasteiger charge is -2.00. The van der Waals surface area contributed by atoms with Crippen LogP contribution in [0.15, 0.2) is 24.3 Å². The molecule has 0 spiro atoms. The summed E-state index contributed by atoms with van der Waals surface area (Å²) in [5, 5.41) is 0. The molecule has 2 N–H and O–H groups in total. The van der Waals surface area contributed by atoms with Gasteiger partial charge in [-0.15, -0.1) is 0 Å². The van der Waals surface area contributed by atoms with Crippen molar-refractivity contribution in [2.75, 3.05) is 0 Å². The summed E-state index contributed by atoms with van der Waals surface area (Å²) in [5.74, 6) is -0.275. The number of aryl methyl sites for hydroxylation is 1. The maximum Gasteiger partial charge on any atom is 0.221 e. The van der Waals surface area contributed by atoms with Crippen LogP contribution in [0.2, 0.25) is 0 Å². The molecule has 0 saturated carbocycles. The number of benzene rings is 1. The van der Waals surface area contributed by atoms with Crippen molar-refractivity contribution < 1.29 is 4.79 Å². The lowest BCUT2D eigenvalue weighted by atomic mass is 10.1. The van der Waals surface area contributed by atoms with Gasteiger partial charge in [0.15, 0.2) is 0 Å². The first-order chi connectivity index (χ1) is 5.72. The Kier molecular flexibility index (Phi) is 2.86. The van der Waals surface area contributed by atoms with Gasteiger partial charge in [0.2, 0.25) is 5.91 Å². The smallest absolute Gasteiger partial charge is 0.221 e. The van der Waals surface area contributed by atoms with E-state index in [4.69, 9.17) is 5.73 Å². The minimum atomic E-state index is -0.275. The molecule has 0 fully saturated rings. The van der Waals surface area contributed by atoms with Crippen molar-refractivity contribution in [3.05, 3.63) is 35.4 Å². The van der Waals surface area contributed by atoms with E-state index >= 15 is 0 Å². The molecule has 0 radical (unpaired) electrons. The van der Waals surface area contributed by atoms with Crippen LogP contribution in [-0.2, 0) is 17.6 Å². The van der Waals surface area contributed by atoms with E-state index in [1.54, 1.807) is 0 Å². The highest BCUT2D eigenvalue weighted by molar-refractivity contribution is 5.76. The van der Waals surface area contributed by atoms with Gasteiger partial charge in [-0.05, 0) is 17.5 Å². The van der Waals surface area contributed by atoms with Gasteiger partial charge in [0, 0.05) is 0 Å². The van der Waals surface area contributed by atoms with Crippen LogP contribution < -0.4 is 5.73 Å². The van der Waals surface area contributed by atoms with E-state index in [0.29, 0.717) is 6.42 Å². The SMILES string of the molecule is CCc1cccc(CC(N)=O)c1. The van der Waals surface area contributed by atoms with Gasteiger partial charge in [-0.2, -0.15) is 0 Å². The van der Waals surface area contributed by atoms with E-state index in [2.05, 4.69) is 6.92 Å². The largest absolute Gasteiger partial charge is 0.369 e. The van der Waals surface area contributed by atoms with E-state index in [-0.39, 0.29) is 5.91 Å². The second-order valence-corrected chi connectivity index (χ2v) is 2.82. The molecule has 0 aliphatic carbocycles. The lowest BCUT2D eigenvalue weighted by molar-refractivity contribution is -0.117. The van der Waals surface area contributed by atoms with E-state index in [9.17, 15) is 4.79 Å². The number of primary amides is 1. The first-order valence-electron chi connectivity index (χ1n) is 4.08. The van der Waals surface area contributed by atoms with Crippen molar-refractivity contribution in [2.45, 2.75) is 19.8 Å². The molecular formula is C10H13NO. The predicted molar refractivity (Wildman–Crippen MR) is 48.7 cm³/mol. The van der Waals surface area contributed by atoms with Gasteiger partial charge in [0.25, 0.3) is 0 Å². The Morgan fingerprint density at radius 2 is 2.08 bits per heavy atom. The minimum Gasteiger partial charge on any atom is -0.369 e. The van der Waals surface area contributed by atoms with Crippen molar-refractivity contribution in [2.24, 2.45) is 5.73 Å². The van der Waals surface area contributed by atoms with Crippen molar-refractivity contribution >= 4 is 5.91 Å². The fourth-order valence-corrected chi connectivity index (χ4v) is 1.16. The van der Waals surface area contributed by atoms with Crippen molar-refractivity contribution in [1.29, 1.82) is 0 Å². The standard InChI is InChI=1S/C10H13NO/c1-2-8-4-3-5-9(6-8)7-10(11)12/h3-6H,2,7H2,1H3,(H2,11,12). The summed E-state index contributed by atoms with van der Waals surface area (Å²) in [5.41, 5.74) is 7.32. The number of rotatable bonds is 3. The van der Waals surface area contributed by atoms with Crippen LogP contribution in [0, 0.1) is 0 Å². The van der Waals surface area contributed by atoms with Crippen LogP contribution in [0.25, 0.3) is 0 Å². The zero-order chi connectivity index (χ0) is 8.97. The summed E-state index contributed by atoms with van der Waals surface area (Å²) in [6, 6.07) is 7.94. The second kappa shape index (κ2) is 3.90. The van der Waals surface area contributed by atoms with Gasteiger partial charge in [0.05, 0.1) is 6.42 Å². The normalized spacial score (nSPS) is 9.75. The highest BCUT2D eigenvalue weighted by atomic mass is 16.1. The number of hydrogen-bond donors (Lipinski definition) is 1. The number of carbonyl (C=O) groups excluding carboxylic acids is 1. The lowest BCUT2D eigenvalue weighted by Crippen LogP contribution is -2.13. The van der Waals surface area contributed by atoms with Crippen molar-refractivity contribution in [3.63, 3.8) is 0 Å². The Morgan fingerprint density at radius 3 is 2.67 bits per heavy atom. The molecule has 12 heavy (non-hydrogen) atoms. The molecule has 1 rings (SSSR count). The van der Waals surface area contributed by atoms with Gasteiger partial charge in [-0.1, -0.05) is 31.2 Å². The summed E-state index contributed by atoms with van der Waals surface area (Å²) < 4.78 is 0. The topological polar surface area (TPSA) is 43.1 Å². The van der Waals surface area contributed by atoms with Gasteiger partial charge in [-0.3, -0.25) is 4.79 Å². The van der Waals surface area contributed by atoms with E-state index in [1.165, 1.54) is 5.56 Å². The molecule has 0 atom stereocenters. The van der Waals surface area contributed by atoms with Crippen LogP contribution in [0.1, 0.15) is 18.1 Å². The number of carbonyl (C=O) groups is 1. The fraction of sp³-hybridized carbons (Fsp3) is 0.300. The monoisotopic (exact) mass is 163 g/mol. The molecule has 0 saturated heterocycles. The Balaban J connectivity index is 2.79. The summed E-state index contributed by atoms with van der Waals surface area (Å²) >= 11 is 0. The quantitative estimate of drug-likeness (QED) is 0.716. The molecule has 2 nitrogen and oxygen atoms in total. The van der Waals surface area contributed by atoms with Crippen LogP contribution in [0.4, 0.5) is 0 Å². The van der Waals surface area contributed by atoms with Gasteiger partial charge in [-0.25, -0.2) is 0 Å². The molecule has 1 aromatic carbocycles. The van der Waals surface area contributed by atoms with Crippen LogP contribution >= 0.6 is 0 Å². The highest BCUT2D eigenvalue weighted by Crippen LogP contribution is 2.05. The molecule has 2 heteroatoms. The van der Waals surface area contributed by atoms with Gasteiger partial charge >= 0.3 is 0 Å². The summed E-state index contributed by atoms with van der Waals surface area (Å²) in [6.45, 7) is 2.09. The zero-order valence-corrected chi connectivity index (χ0v) is 7.21. The molecule has 64 valence electrons. The summed E-state index contributed by atoms with van der Waals surface area (Å²) in [6.07, 6.45) is 1.33. The van der Waals surface area contributed by atoms with E-state index in [1.807, 2.05) is 24.3 Å². The third kappa shape index (κ3) is 2.38. The molecule has 0 heterocycles. The predicted octanol–water partition coefficient (Wildman–Crippen LogP) is 1.28. The molecule has 1 aromatic rings. The van der Waals surface area contributed by atoms with Crippen LogP contribution in [0.5, 0.6) is 0 Å². The van der Waals surface area contributed by atoms with Crippen molar-refractivity contribution in [1.82, 2.24) is 0 Å². The zero-order valence-electron chi connectivity index (χ0n) is 7.21. The highest BCUT2D eigenvalue weighted by Gasteiger charge is 1.97. The maximum atomic E-state index is 10.6. The Hall–Kier alpha value is -1.31. The molecule has 0 unspecified atom stereocenters. The fourth-order valence-electron chi connectivity index (χ4n) is 1.16. The summed E-state index contributed by atoms with van der Waals surface area (Å²) in [7, 11) is 0. The van der Waals surface area contributed by atoms with Crippen LogP contribution in [0.3, 0.4) is 0 Å². The minimum absolute atomic E-state index is 0.275. The third-order valence-corrected chi connectivity index (χ3v) is 1.78. The Labute approximate surface area is 72.4 Å². The molecule has 0 aliphatic rings. The third-order valence-electron chi connectivity index (χ3n) is 1.78. The van der Waals surface area contributed by atoms with Crippen LogP contribution in [-0.4, -0.2) is 5.91 Å². The number of amides is 1. The average molecular weight is 163 g/mol. The Bertz CT molecular complexity index is 281.